The van der Waals surface area contributed by atoms with Crippen LogP contribution in [0.1, 0.15) is 28.8 Å². The van der Waals surface area contributed by atoms with Gasteiger partial charge in [0.1, 0.15) is 0 Å². The minimum atomic E-state index is -0.00654. The van der Waals surface area contributed by atoms with Crippen molar-refractivity contribution in [3.8, 4) is 6.07 Å². The molecule has 0 aromatic heterocycles. The van der Waals surface area contributed by atoms with E-state index in [-0.39, 0.29) is 24.2 Å². The average Bonchev–Trinajstić information content (AvgIpc) is 2.72. The Morgan fingerprint density at radius 3 is 2.31 bits per heavy atom. The summed E-state index contributed by atoms with van der Waals surface area (Å²) in [6.07, 6.45) is 1.41. The smallest absolute Gasteiger partial charge is 0.241 e. The Labute approximate surface area is 153 Å². The Hall–Kier alpha value is -3.13. The molecule has 1 aliphatic heterocycles. The third kappa shape index (κ3) is 4.28. The lowest BCUT2D eigenvalue weighted by Crippen LogP contribution is -2.42. The van der Waals surface area contributed by atoms with Gasteiger partial charge in [-0.3, -0.25) is 9.59 Å². The van der Waals surface area contributed by atoms with Crippen LogP contribution in [-0.2, 0) is 4.79 Å². The zero-order valence-electron chi connectivity index (χ0n) is 14.5. The molecule has 2 aromatic carbocycles. The number of carbonyl (C=O) groups excluding carboxylic acids is 2. The van der Waals surface area contributed by atoms with Gasteiger partial charge in [0.15, 0.2) is 5.78 Å². The fraction of sp³-hybridized carbons (Fsp3) is 0.286. The number of anilines is 1. The summed E-state index contributed by atoms with van der Waals surface area (Å²) in [6, 6.07) is 18.4. The molecule has 0 bridgehead atoms. The summed E-state index contributed by atoms with van der Waals surface area (Å²) in [7, 11) is 0. The molecule has 1 saturated heterocycles. The van der Waals surface area contributed by atoms with Gasteiger partial charge < -0.3 is 10.2 Å². The van der Waals surface area contributed by atoms with Gasteiger partial charge in [-0.25, -0.2) is 0 Å². The zero-order chi connectivity index (χ0) is 18.4. The fourth-order valence-corrected chi connectivity index (χ4v) is 3.18. The maximum Gasteiger partial charge on any atom is 0.241 e. The van der Waals surface area contributed by atoms with Crippen molar-refractivity contribution in [1.29, 1.82) is 5.26 Å². The number of piperidine rings is 1. The largest absolute Gasteiger partial charge is 0.376 e. The van der Waals surface area contributed by atoms with E-state index in [0.29, 0.717) is 31.5 Å². The standard InChI is InChI=1S/C21H21N3O2/c22-14-16-6-8-19(9-7-16)23-15-20(25)24-12-10-18(11-13-24)21(26)17-4-2-1-3-5-17/h1-9,18,23H,10-13,15H2. The molecular formula is C21H21N3O2. The molecule has 26 heavy (non-hydrogen) atoms. The third-order valence-electron chi connectivity index (χ3n) is 4.73. The Kier molecular flexibility index (Phi) is 5.65. The number of nitrogens with one attached hydrogen (secondary N) is 1. The van der Waals surface area contributed by atoms with E-state index < -0.39 is 0 Å². The normalized spacial score (nSPS) is 14.5. The number of hydrogen-bond acceptors (Lipinski definition) is 4. The number of amides is 1. The summed E-state index contributed by atoms with van der Waals surface area (Å²) in [4.78, 5) is 26.7. The Morgan fingerprint density at radius 1 is 1.04 bits per heavy atom. The van der Waals surface area contributed by atoms with Crippen LogP contribution in [0.4, 0.5) is 5.69 Å². The van der Waals surface area contributed by atoms with Gasteiger partial charge in [-0.15, -0.1) is 0 Å². The molecule has 2 aromatic rings. The highest BCUT2D eigenvalue weighted by atomic mass is 16.2. The molecule has 0 radical (unpaired) electrons. The molecule has 5 heteroatoms. The maximum atomic E-state index is 12.5. The summed E-state index contributed by atoms with van der Waals surface area (Å²) in [5.41, 5.74) is 2.15. The van der Waals surface area contributed by atoms with E-state index in [0.717, 1.165) is 11.3 Å². The van der Waals surface area contributed by atoms with Gasteiger partial charge in [-0.2, -0.15) is 5.26 Å². The second kappa shape index (κ2) is 8.30. The summed E-state index contributed by atoms with van der Waals surface area (Å²) in [5.74, 6) is 0.196. The molecule has 3 rings (SSSR count). The molecule has 1 amide bonds. The predicted octanol–water partition coefficient (Wildman–Crippen LogP) is 3.09. The van der Waals surface area contributed by atoms with E-state index in [4.69, 9.17) is 5.26 Å². The van der Waals surface area contributed by atoms with E-state index in [9.17, 15) is 9.59 Å². The van der Waals surface area contributed by atoms with Gasteiger partial charge in [-0.05, 0) is 37.1 Å². The number of hydrogen-bond donors (Lipinski definition) is 1. The first-order valence-electron chi connectivity index (χ1n) is 8.78. The van der Waals surface area contributed by atoms with Crippen LogP contribution in [0.3, 0.4) is 0 Å². The van der Waals surface area contributed by atoms with Gasteiger partial charge >= 0.3 is 0 Å². The summed E-state index contributed by atoms with van der Waals surface area (Å²) in [5, 5.41) is 11.9. The van der Waals surface area contributed by atoms with Crippen LogP contribution in [0, 0.1) is 17.2 Å². The molecule has 0 atom stereocenters. The van der Waals surface area contributed by atoms with Gasteiger partial charge in [0.25, 0.3) is 0 Å². The molecule has 1 N–H and O–H groups in total. The van der Waals surface area contributed by atoms with Crippen molar-refractivity contribution in [2.75, 3.05) is 25.0 Å². The number of rotatable bonds is 5. The Morgan fingerprint density at radius 2 is 1.69 bits per heavy atom. The van der Waals surface area contributed by atoms with Crippen LogP contribution in [0.5, 0.6) is 0 Å². The Balaban J connectivity index is 1.47. The first-order valence-corrected chi connectivity index (χ1v) is 8.78. The Bertz CT molecular complexity index is 801. The van der Waals surface area contributed by atoms with Crippen LogP contribution in [0.2, 0.25) is 0 Å². The van der Waals surface area contributed by atoms with E-state index in [1.165, 1.54) is 0 Å². The SMILES string of the molecule is N#Cc1ccc(NCC(=O)N2CCC(C(=O)c3ccccc3)CC2)cc1. The molecule has 1 aliphatic rings. The molecular weight excluding hydrogens is 326 g/mol. The molecule has 0 unspecified atom stereocenters. The van der Waals surface area contributed by atoms with Crippen LogP contribution >= 0.6 is 0 Å². The van der Waals surface area contributed by atoms with Crippen molar-refractivity contribution in [2.24, 2.45) is 5.92 Å². The highest BCUT2D eigenvalue weighted by molar-refractivity contribution is 5.98. The molecule has 5 nitrogen and oxygen atoms in total. The van der Waals surface area contributed by atoms with Crippen molar-refractivity contribution in [3.05, 3.63) is 65.7 Å². The van der Waals surface area contributed by atoms with Crippen LogP contribution < -0.4 is 5.32 Å². The highest BCUT2D eigenvalue weighted by Crippen LogP contribution is 2.22. The second-order valence-corrected chi connectivity index (χ2v) is 6.43. The van der Waals surface area contributed by atoms with E-state index in [1.807, 2.05) is 35.2 Å². The van der Waals surface area contributed by atoms with E-state index >= 15 is 0 Å². The number of benzene rings is 2. The third-order valence-corrected chi connectivity index (χ3v) is 4.73. The lowest BCUT2D eigenvalue weighted by molar-refractivity contribution is -0.130. The van der Waals surface area contributed by atoms with Gasteiger partial charge in [0.05, 0.1) is 18.2 Å². The molecule has 0 saturated carbocycles. The second-order valence-electron chi connectivity index (χ2n) is 6.43. The van der Waals surface area contributed by atoms with Crippen LogP contribution in [0.25, 0.3) is 0 Å². The number of carbonyl (C=O) groups is 2. The monoisotopic (exact) mass is 347 g/mol. The number of ketones is 1. The first kappa shape index (κ1) is 17.7. The van der Waals surface area contributed by atoms with Crippen molar-refractivity contribution < 1.29 is 9.59 Å². The fourth-order valence-electron chi connectivity index (χ4n) is 3.18. The molecule has 1 heterocycles. The van der Waals surface area contributed by atoms with Crippen molar-refractivity contribution in [2.45, 2.75) is 12.8 Å². The summed E-state index contributed by atoms with van der Waals surface area (Å²) < 4.78 is 0. The molecule has 132 valence electrons. The molecule has 0 aliphatic carbocycles. The number of Topliss-reactive ketones (excluding diaryl/α,β-unsaturated/α-hetero) is 1. The summed E-state index contributed by atoms with van der Waals surface area (Å²) in [6.45, 7) is 1.43. The summed E-state index contributed by atoms with van der Waals surface area (Å²) >= 11 is 0. The number of nitriles is 1. The van der Waals surface area contributed by atoms with Crippen molar-refractivity contribution >= 4 is 17.4 Å². The highest BCUT2D eigenvalue weighted by Gasteiger charge is 2.27. The van der Waals surface area contributed by atoms with E-state index in [1.54, 1.807) is 24.3 Å². The number of nitrogens with zero attached hydrogens (tertiary/aromatic N) is 2. The van der Waals surface area contributed by atoms with Crippen LogP contribution in [-0.4, -0.2) is 36.2 Å². The molecule has 1 fully saturated rings. The van der Waals surface area contributed by atoms with Gasteiger partial charge in [0.2, 0.25) is 5.91 Å². The average molecular weight is 347 g/mol. The maximum absolute atomic E-state index is 12.5. The van der Waals surface area contributed by atoms with Crippen molar-refractivity contribution in [1.82, 2.24) is 4.90 Å². The topological polar surface area (TPSA) is 73.2 Å². The number of likely N-dealkylation sites (tertiary alicyclic amines) is 1. The molecule has 0 spiro atoms. The minimum Gasteiger partial charge on any atom is -0.376 e. The van der Waals surface area contributed by atoms with Gasteiger partial charge in [0, 0.05) is 30.3 Å². The lowest BCUT2D eigenvalue weighted by Gasteiger charge is -2.31. The lowest BCUT2D eigenvalue weighted by atomic mass is 9.89. The van der Waals surface area contributed by atoms with Gasteiger partial charge in [-0.1, -0.05) is 30.3 Å². The predicted molar refractivity (Wildman–Crippen MR) is 99.7 cm³/mol. The quantitative estimate of drug-likeness (QED) is 0.844. The van der Waals surface area contributed by atoms with Crippen LogP contribution in [0.15, 0.2) is 54.6 Å². The van der Waals surface area contributed by atoms with Crippen molar-refractivity contribution in [3.63, 3.8) is 0 Å². The zero-order valence-corrected chi connectivity index (χ0v) is 14.5. The first-order chi connectivity index (χ1) is 12.7. The van der Waals surface area contributed by atoms with E-state index in [2.05, 4.69) is 11.4 Å². The minimum absolute atomic E-state index is 0.00654.